The molecule has 0 aliphatic rings. The van der Waals surface area contributed by atoms with Crippen LogP contribution in [-0.2, 0) is 4.74 Å². The number of methoxy groups -OCH3 is 1. The first-order valence-corrected chi connectivity index (χ1v) is 5.74. The van der Waals surface area contributed by atoms with Crippen molar-refractivity contribution in [3.63, 3.8) is 0 Å². The monoisotopic (exact) mass is 253 g/mol. The number of phenols is 1. The number of hydrogen-bond donors (Lipinski definition) is 3. The van der Waals surface area contributed by atoms with E-state index < -0.39 is 11.5 Å². The summed E-state index contributed by atoms with van der Waals surface area (Å²) in [4.78, 5) is 11.8. The Morgan fingerprint density at radius 2 is 2.11 bits per heavy atom. The molecule has 0 aromatic heterocycles. The quantitative estimate of drug-likeness (QED) is 0.704. The molecular formula is C13H19NO4. The summed E-state index contributed by atoms with van der Waals surface area (Å²) in [6.45, 7) is 2.14. The third-order valence-electron chi connectivity index (χ3n) is 2.62. The second kappa shape index (κ2) is 6.37. The Hall–Kier alpha value is -1.59. The second-order valence-electron chi connectivity index (χ2n) is 4.44. The van der Waals surface area contributed by atoms with Crippen molar-refractivity contribution in [1.29, 1.82) is 0 Å². The molecule has 0 saturated carbocycles. The third kappa shape index (κ3) is 4.35. The van der Waals surface area contributed by atoms with Gasteiger partial charge in [-0.3, -0.25) is 4.79 Å². The van der Waals surface area contributed by atoms with E-state index >= 15 is 0 Å². The van der Waals surface area contributed by atoms with Gasteiger partial charge in [-0.1, -0.05) is 12.1 Å². The van der Waals surface area contributed by atoms with Crippen LogP contribution in [0.25, 0.3) is 0 Å². The van der Waals surface area contributed by atoms with E-state index in [1.807, 2.05) is 0 Å². The van der Waals surface area contributed by atoms with Crippen LogP contribution >= 0.6 is 0 Å². The molecule has 1 unspecified atom stereocenters. The molecule has 0 radical (unpaired) electrons. The van der Waals surface area contributed by atoms with Gasteiger partial charge in [0.05, 0.1) is 11.2 Å². The number of phenolic OH excluding ortho intramolecular Hbond substituents is 1. The number of carbonyl (C=O) groups excluding carboxylic acids is 1. The smallest absolute Gasteiger partial charge is 0.255 e. The van der Waals surface area contributed by atoms with Gasteiger partial charge in [0.25, 0.3) is 5.91 Å². The summed E-state index contributed by atoms with van der Waals surface area (Å²) in [5.41, 5.74) is -0.837. The first-order chi connectivity index (χ1) is 8.46. The zero-order valence-electron chi connectivity index (χ0n) is 10.6. The lowest BCUT2D eigenvalue weighted by atomic mass is 10.0. The van der Waals surface area contributed by atoms with Crippen LogP contribution < -0.4 is 5.32 Å². The first kappa shape index (κ1) is 14.5. The molecule has 1 aromatic carbocycles. The van der Waals surface area contributed by atoms with Crippen LogP contribution in [-0.4, -0.2) is 42.0 Å². The molecule has 3 N–H and O–H groups in total. The Kier molecular flexibility index (Phi) is 5.12. The second-order valence-corrected chi connectivity index (χ2v) is 4.44. The Bertz CT molecular complexity index is 404. The molecule has 1 aromatic rings. The minimum atomic E-state index is -1.03. The Balaban J connectivity index is 2.54. The van der Waals surface area contributed by atoms with E-state index in [2.05, 4.69) is 5.32 Å². The molecule has 0 heterocycles. The lowest BCUT2D eigenvalue weighted by Gasteiger charge is -2.23. The normalized spacial score (nSPS) is 13.9. The highest BCUT2D eigenvalue weighted by atomic mass is 16.5. The van der Waals surface area contributed by atoms with Gasteiger partial charge >= 0.3 is 0 Å². The summed E-state index contributed by atoms with van der Waals surface area (Å²) < 4.78 is 4.88. The number of hydrogen-bond acceptors (Lipinski definition) is 4. The molecule has 0 bridgehead atoms. The van der Waals surface area contributed by atoms with Gasteiger partial charge in [0.15, 0.2) is 0 Å². The average Bonchev–Trinajstić information content (AvgIpc) is 2.34. The number of aromatic hydroxyl groups is 1. The number of carbonyl (C=O) groups is 1. The van der Waals surface area contributed by atoms with E-state index in [-0.39, 0.29) is 17.9 Å². The predicted molar refractivity (Wildman–Crippen MR) is 67.6 cm³/mol. The molecule has 1 atom stereocenters. The lowest BCUT2D eigenvalue weighted by molar-refractivity contribution is 0.0243. The summed E-state index contributed by atoms with van der Waals surface area (Å²) in [6.07, 6.45) is 0.421. The standard InChI is InChI=1S/C13H19NO4/c1-13(17,7-8-18-2)9-14-12(16)10-5-3-4-6-11(10)15/h3-6,15,17H,7-9H2,1-2H3,(H,14,16). The summed E-state index contributed by atoms with van der Waals surface area (Å²) in [5, 5.41) is 22.0. The van der Waals surface area contributed by atoms with Crippen molar-refractivity contribution in [1.82, 2.24) is 5.32 Å². The van der Waals surface area contributed by atoms with Gasteiger partial charge in [0.1, 0.15) is 5.75 Å². The van der Waals surface area contributed by atoms with Crippen LogP contribution in [0.15, 0.2) is 24.3 Å². The highest BCUT2D eigenvalue weighted by molar-refractivity contribution is 5.96. The summed E-state index contributed by atoms with van der Waals surface area (Å²) >= 11 is 0. The molecule has 1 amide bonds. The lowest BCUT2D eigenvalue weighted by Crippen LogP contribution is -2.41. The van der Waals surface area contributed by atoms with Crippen molar-refractivity contribution in [2.45, 2.75) is 18.9 Å². The maximum atomic E-state index is 11.8. The van der Waals surface area contributed by atoms with Gasteiger partial charge in [0, 0.05) is 26.7 Å². The van der Waals surface area contributed by atoms with E-state index in [0.717, 1.165) is 0 Å². The van der Waals surface area contributed by atoms with Crippen LogP contribution in [0.4, 0.5) is 0 Å². The molecule has 5 nitrogen and oxygen atoms in total. The highest BCUT2D eigenvalue weighted by Crippen LogP contribution is 2.15. The third-order valence-corrected chi connectivity index (χ3v) is 2.62. The largest absolute Gasteiger partial charge is 0.507 e. The fourth-order valence-corrected chi connectivity index (χ4v) is 1.44. The Morgan fingerprint density at radius 1 is 1.44 bits per heavy atom. The van der Waals surface area contributed by atoms with E-state index in [1.54, 1.807) is 26.2 Å². The van der Waals surface area contributed by atoms with Crippen LogP contribution in [0.2, 0.25) is 0 Å². The Labute approximate surface area is 106 Å². The van der Waals surface area contributed by atoms with E-state index in [4.69, 9.17) is 4.74 Å². The van der Waals surface area contributed by atoms with Gasteiger partial charge in [-0.2, -0.15) is 0 Å². The minimum absolute atomic E-state index is 0.0773. The molecule has 100 valence electrons. The van der Waals surface area contributed by atoms with E-state index in [0.29, 0.717) is 13.0 Å². The molecule has 1 rings (SSSR count). The van der Waals surface area contributed by atoms with Crippen molar-refractivity contribution in [3.8, 4) is 5.75 Å². The average molecular weight is 253 g/mol. The summed E-state index contributed by atoms with van der Waals surface area (Å²) in [5.74, 6) is -0.489. The molecule has 0 spiro atoms. The molecular weight excluding hydrogens is 234 g/mol. The van der Waals surface area contributed by atoms with Gasteiger partial charge in [0.2, 0.25) is 0 Å². The predicted octanol–water partition coefficient (Wildman–Crippen LogP) is 0.909. The molecule has 0 saturated heterocycles. The van der Waals surface area contributed by atoms with Crippen molar-refractivity contribution >= 4 is 5.91 Å². The topological polar surface area (TPSA) is 78.8 Å². The number of rotatable bonds is 6. The maximum absolute atomic E-state index is 11.8. The van der Waals surface area contributed by atoms with Crippen LogP contribution in [0.5, 0.6) is 5.75 Å². The molecule has 0 aliphatic carbocycles. The van der Waals surface area contributed by atoms with E-state index in [1.165, 1.54) is 12.1 Å². The van der Waals surface area contributed by atoms with Crippen LogP contribution in [0, 0.1) is 0 Å². The van der Waals surface area contributed by atoms with Crippen molar-refractivity contribution in [3.05, 3.63) is 29.8 Å². The molecule has 5 heteroatoms. The van der Waals surface area contributed by atoms with Gasteiger partial charge < -0.3 is 20.3 Å². The fourth-order valence-electron chi connectivity index (χ4n) is 1.44. The first-order valence-electron chi connectivity index (χ1n) is 5.74. The number of ether oxygens (including phenoxy) is 1. The van der Waals surface area contributed by atoms with Crippen LogP contribution in [0.1, 0.15) is 23.7 Å². The molecule has 0 aliphatic heterocycles. The SMILES string of the molecule is COCCC(C)(O)CNC(=O)c1ccccc1O. The van der Waals surface area contributed by atoms with Gasteiger partial charge in [-0.05, 0) is 19.1 Å². The Morgan fingerprint density at radius 3 is 2.72 bits per heavy atom. The number of nitrogens with one attached hydrogen (secondary N) is 1. The van der Waals surface area contributed by atoms with Crippen molar-refractivity contribution < 1.29 is 19.7 Å². The van der Waals surface area contributed by atoms with E-state index in [9.17, 15) is 15.0 Å². The zero-order chi connectivity index (χ0) is 13.6. The number of amides is 1. The summed E-state index contributed by atoms with van der Waals surface area (Å²) in [6, 6.07) is 6.27. The highest BCUT2D eigenvalue weighted by Gasteiger charge is 2.21. The fraction of sp³-hybridized carbons (Fsp3) is 0.462. The number of aliphatic hydroxyl groups is 1. The zero-order valence-corrected chi connectivity index (χ0v) is 10.6. The summed E-state index contributed by atoms with van der Waals surface area (Å²) in [7, 11) is 1.55. The van der Waals surface area contributed by atoms with Crippen molar-refractivity contribution in [2.24, 2.45) is 0 Å². The van der Waals surface area contributed by atoms with Crippen molar-refractivity contribution in [2.75, 3.05) is 20.3 Å². The number of para-hydroxylation sites is 1. The van der Waals surface area contributed by atoms with Gasteiger partial charge in [-0.15, -0.1) is 0 Å². The molecule has 18 heavy (non-hydrogen) atoms. The maximum Gasteiger partial charge on any atom is 0.255 e. The number of benzene rings is 1. The van der Waals surface area contributed by atoms with Gasteiger partial charge in [-0.25, -0.2) is 0 Å². The minimum Gasteiger partial charge on any atom is -0.507 e. The van der Waals surface area contributed by atoms with Crippen LogP contribution in [0.3, 0.4) is 0 Å². The molecule has 0 fully saturated rings.